The monoisotopic (exact) mass is 266 g/mol. The number of aromatic nitrogens is 4. The minimum Gasteiger partial charge on any atom is -0.328 e. The lowest BCUT2D eigenvalue weighted by Gasteiger charge is -2.29. The van der Waals surface area contributed by atoms with E-state index in [4.69, 9.17) is 12.2 Å². The summed E-state index contributed by atoms with van der Waals surface area (Å²) < 4.78 is 4.99. The molecule has 0 amide bonds. The van der Waals surface area contributed by atoms with Crippen molar-refractivity contribution < 1.29 is 0 Å². The van der Waals surface area contributed by atoms with Crippen LogP contribution in [0.3, 0.4) is 0 Å². The van der Waals surface area contributed by atoms with Gasteiger partial charge in [-0.05, 0) is 38.4 Å². The molecule has 2 heterocycles. The molecule has 0 fully saturated rings. The first-order valence-electron chi connectivity index (χ1n) is 6.65. The molecule has 0 bridgehead atoms. The predicted octanol–water partition coefficient (Wildman–Crippen LogP) is 3.53. The van der Waals surface area contributed by atoms with E-state index in [2.05, 4.69) is 42.3 Å². The summed E-state index contributed by atoms with van der Waals surface area (Å²) in [6, 6.07) is 0. The van der Waals surface area contributed by atoms with Crippen molar-refractivity contribution >= 4 is 23.4 Å². The maximum atomic E-state index is 5.52. The van der Waals surface area contributed by atoms with Gasteiger partial charge in [-0.1, -0.05) is 20.8 Å². The molecule has 0 saturated heterocycles. The van der Waals surface area contributed by atoms with Gasteiger partial charge in [0.05, 0.1) is 5.69 Å². The van der Waals surface area contributed by atoms with Gasteiger partial charge >= 0.3 is 0 Å². The molecule has 2 aromatic heterocycles. The Hall–Kier alpha value is -1.10. The van der Waals surface area contributed by atoms with E-state index in [1.54, 1.807) is 0 Å². The third-order valence-electron chi connectivity index (χ3n) is 4.13. The molecule has 1 N–H and O–H groups in total. The minimum absolute atomic E-state index is 0.0497. The Morgan fingerprint density at radius 2 is 1.89 bits per heavy atom. The van der Waals surface area contributed by atoms with Crippen molar-refractivity contribution in [3.05, 3.63) is 10.5 Å². The quantitative estimate of drug-likeness (QED) is 0.860. The van der Waals surface area contributed by atoms with Crippen molar-refractivity contribution in [2.24, 2.45) is 7.05 Å². The predicted molar refractivity (Wildman–Crippen MR) is 77.5 cm³/mol. The zero-order chi connectivity index (χ0) is 13.5. The number of aryl methyl sites for hydroxylation is 2. The first-order chi connectivity index (χ1) is 8.48. The minimum atomic E-state index is 0.0497. The zero-order valence-electron chi connectivity index (χ0n) is 11.9. The number of nitrogens with zero attached hydrogens (tertiary/aromatic N) is 3. The topological polar surface area (TPSA) is 38.5 Å². The van der Waals surface area contributed by atoms with Crippen LogP contribution in [0.1, 0.15) is 46.2 Å². The van der Waals surface area contributed by atoms with Crippen LogP contribution in [0, 0.1) is 4.77 Å². The van der Waals surface area contributed by atoms with E-state index < -0.39 is 0 Å². The third-order valence-corrected chi connectivity index (χ3v) is 4.42. The largest absolute Gasteiger partial charge is 0.328 e. The molecule has 2 aromatic rings. The maximum absolute atomic E-state index is 5.52. The van der Waals surface area contributed by atoms with Crippen molar-refractivity contribution in [3.63, 3.8) is 0 Å². The van der Waals surface area contributed by atoms with Crippen molar-refractivity contribution in [2.75, 3.05) is 0 Å². The van der Waals surface area contributed by atoms with Crippen molar-refractivity contribution in [3.8, 4) is 0 Å². The summed E-state index contributed by atoms with van der Waals surface area (Å²) in [5.74, 6) is 0. The van der Waals surface area contributed by atoms with E-state index >= 15 is 0 Å². The SMILES string of the molecule is CCc1nn(C)c2c1[nH]c(=S)n2C(C)(CC)CC. The van der Waals surface area contributed by atoms with Crippen LogP contribution in [-0.4, -0.2) is 19.3 Å². The average Bonchev–Trinajstić information content (AvgIpc) is 2.86. The van der Waals surface area contributed by atoms with Crippen LogP contribution in [0.15, 0.2) is 0 Å². The first kappa shape index (κ1) is 13.3. The van der Waals surface area contributed by atoms with Crippen molar-refractivity contribution in [1.82, 2.24) is 19.3 Å². The molecule has 0 atom stereocenters. The number of aromatic amines is 1. The maximum Gasteiger partial charge on any atom is 0.179 e. The van der Waals surface area contributed by atoms with Crippen LogP contribution in [0.25, 0.3) is 11.2 Å². The summed E-state index contributed by atoms with van der Waals surface area (Å²) in [4.78, 5) is 3.34. The Morgan fingerprint density at radius 3 is 2.39 bits per heavy atom. The fourth-order valence-electron chi connectivity index (χ4n) is 2.53. The molecule has 0 aliphatic carbocycles. The molecule has 0 aliphatic heterocycles. The van der Waals surface area contributed by atoms with Crippen LogP contribution in [0.4, 0.5) is 0 Å². The molecule has 2 rings (SSSR count). The molecule has 100 valence electrons. The summed E-state index contributed by atoms with van der Waals surface area (Å²) in [7, 11) is 1.99. The Bertz CT molecular complexity index is 613. The van der Waals surface area contributed by atoms with Gasteiger partial charge in [-0.2, -0.15) is 5.10 Å². The smallest absolute Gasteiger partial charge is 0.179 e. The van der Waals surface area contributed by atoms with Gasteiger partial charge in [-0.15, -0.1) is 0 Å². The van der Waals surface area contributed by atoms with E-state index in [0.29, 0.717) is 0 Å². The van der Waals surface area contributed by atoms with Crippen molar-refractivity contribution in [2.45, 2.75) is 52.5 Å². The summed E-state index contributed by atoms with van der Waals surface area (Å²) in [5, 5.41) is 4.57. The summed E-state index contributed by atoms with van der Waals surface area (Å²) in [6.45, 7) is 8.80. The lowest BCUT2D eigenvalue weighted by molar-refractivity contribution is 0.295. The van der Waals surface area contributed by atoms with Crippen molar-refractivity contribution in [1.29, 1.82) is 0 Å². The zero-order valence-corrected chi connectivity index (χ0v) is 12.7. The van der Waals surface area contributed by atoms with Gasteiger partial charge in [-0.3, -0.25) is 9.25 Å². The molecule has 0 aromatic carbocycles. The normalized spacial score (nSPS) is 12.5. The van der Waals surface area contributed by atoms with Gasteiger partial charge in [-0.25, -0.2) is 0 Å². The van der Waals surface area contributed by atoms with Gasteiger partial charge < -0.3 is 4.98 Å². The van der Waals surface area contributed by atoms with Gasteiger partial charge in [0.15, 0.2) is 10.4 Å². The number of rotatable bonds is 4. The van der Waals surface area contributed by atoms with Crippen LogP contribution in [0.5, 0.6) is 0 Å². The Balaban J connectivity index is 2.83. The number of H-pyrrole nitrogens is 1. The molecule has 5 heteroatoms. The van der Waals surface area contributed by atoms with Crippen LogP contribution in [0.2, 0.25) is 0 Å². The molecule has 18 heavy (non-hydrogen) atoms. The highest BCUT2D eigenvalue weighted by Gasteiger charge is 2.27. The van der Waals surface area contributed by atoms with Gasteiger partial charge in [0.2, 0.25) is 0 Å². The summed E-state index contributed by atoms with van der Waals surface area (Å²) in [6.07, 6.45) is 3.02. The third kappa shape index (κ3) is 1.72. The highest BCUT2D eigenvalue weighted by Crippen LogP contribution is 2.30. The Morgan fingerprint density at radius 1 is 1.28 bits per heavy atom. The lowest BCUT2D eigenvalue weighted by atomic mass is 9.95. The second kappa shape index (κ2) is 4.53. The van der Waals surface area contributed by atoms with Gasteiger partial charge in [0.25, 0.3) is 0 Å². The summed E-state index contributed by atoms with van der Waals surface area (Å²) in [5.41, 5.74) is 3.35. The second-order valence-electron chi connectivity index (χ2n) is 5.09. The van der Waals surface area contributed by atoms with E-state index in [1.165, 1.54) is 0 Å². The molecule has 0 spiro atoms. The molecular formula is C13H22N4S. The van der Waals surface area contributed by atoms with E-state index in [1.807, 2.05) is 11.7 Å². The highest BCUT2D eigenvalue weighted by molar-refractivity contribution is 7.71. The second-order valence-corrected chi connectivity index (χ2v) is 5.48. The first-order valence-corrected chi connectivity index (χ1v) is 7.06. The molecule has 0 saturated carbocycles. The van der Waals surface area contributed by atoms with E-state index in [9.17, 15) is 0 Å². The molecule has 0 unspecified atom stereocenters. The lowest BCUT2D eigenvalue weighted by Crippen LogP contribution is -2.29. The number of nitrogens with one attached hydrogen (secondary N) is 1. The molecular weight excluding hydrogens is 244 g/mol. The number of fused-ring (bicyclic) bond motifs is 1. The Kier molecular flexibility index (Phi) is 3.36. The van der Waals surface area contributed by atoms with Gasteiger partial charge in [0.1, 0.15) is 5.52 Å². The fraction of sp³-hybridized carbons (Fsp3) is 0.692. The molecule has 0 aliphatic rings. The number of hydrogen-bond acceptors (Lipinski definition) is 2. The highest BCUT2D eigenvalue weighted by atomic mass is 32.1. The number of hydrogen-bond donors (Lipinski definition) is 1. The van der Waals surface area contributed by atoms with Crippen LogP contribution >= 0.6 is 12.2 Å². The van der Waals surface area contributed by atoms with E-state index in [0.717, 1.165) is 40.9 Å². The molecule has 4 nitrogen and oxygen atoms in total. The Labute approximate surface area is 113 Å². The molecule has 0 radical (unpaired) electrons. The number of imidazole rings is 1. The van der Waals surface area contributed by atoms with Gasteiger partial charge in [0, 0.05) is 12.6 Å². The fourth-order valence-corrected chi connectivity index (χ4v) is 2.94. The van der Waals surface area contributed by atoms with E-state index in [-0.39, 0.29) is 5.54 Å². The summed E-state index contributed by atoms with van der Waals surface area (Å²) >= 11 is 5.52. The average molecular weight is 266 g/mol. The van der Waals surface area contributed by atoms with Crippen LogP contribution in [-0.2, 0) is 19.0 Å². The standard InChI is InChI=1S/C13H22N4S/c1-6-9-10-11(16(5)15-9)17(12(18)14-10)13(4,7-2)8-3/h6-8H2,1-5H3,(H,14,18). The van der Waals surface area contributed by atoms with Crippen LogP contribution < -0.4 is 0 Å².